The van der Waals surface area contributed by atoms with Crippen molar-refractivity contribution in [3.8, 4) is 22.4 Å². The maximum atomic E-state index is 5.12. The predicted molar refractivity (Wildman–Crippen MR) is 126 cm³/mol. The fraction of sp³-hybridized carbons (Fsp3) is 0.276. The summed E-state index contributed by atoms with van der Waals surface area (Å²) in [5.74, 6) is 0.719. The van der Waals surface area contributed by atoms with Gasteiger partial charge in [-0.1, -0.05) is 55.3 Å². The zero-order valence-corrected chi connectivity index (χ0v) is 17.8. The molecule has 6 rings (SSSR count). The normalized spacial score (nSPS) is 15.5. The second-order valence-electron chi connectivity index (χ2n) is 9.25. The molecule has 1 saturated carbocycles. The SMILES string of the molecule is Cc1cc2c(c(-c3nc(C)cc4ccc(C5CCCC5)cc34)c1)Cc1ccccc1-2. The number of fused-ring (bicyclic) bond motifs is 4. The van der Waals surface area contributed by atoms with Crippen LogP contribution in [-0.4, -0.2) is 4.98 Å². The lowest BCUT2D eigenvalue weighted by Crippen LogP contribution is -1.97. The standard InChI is InChI=1S/C29H27N/c1-18-13-26-24-10-6-5-9-22(24)17-27(26)28(14-18)29-25-16-21(20-7-3-4-8-20)11-12-23(25)15-19(2)30-29/h5-6,9-16,20H,3-4,7-8,17H2,1-2H3. The Morgan fingerprint density at radius 3 is 2.47 bits per heavy atom. The molecule has 2 aliphatic rings. The lowest BCUT2D eigenvalue weighted by Gasteiger charge is -2.16. The van der Waals surface area contributed by atoms with Gasteiger partial charge in [0.25, 0.3) is 0 Å². The number of nitrogens with zero attached hydrogens (tertiary/aromatic N) is 1. The minimum atomic E-state index is 0.719. The number of hydrogen-bond donors (Lipinski definition) is 0. The van der Waals surface area contributed by atoms with E-state index >= 15 is 0 Å². The van der Waals surface area contributed by atoms with Crippen LogP contribution in [0.3, 0.4) is 0 Å². The smallest absolute Gasteiger partial charge is 0.0786 e. The third kappa shape index (κ3) is 2.80. The second kappa shape index (κ2) is 6.80. The van der Waals surface area contributed by atoms with Gasteiger partial charge in [-0.25, -0.2) is 0 Å². The number of benzene rings is 3. The summed E-state index contributed by atoms with van der Waals surface area (Å²) < 4.78 is 0. The molecular formula is C29H27N. The Balaban J connectivity index is 1.60. The minimum absolute atomic E-state index is 0.719. The highest BCUT2D eigenvalue weighted by Gasteiger charge is 2.24. The Morgan fingerprint density at radius 1 is 0.800 bits per heavy atom. The van der Waals surface area contributed by atoms with Crippen LogP contribution in [0.25, 0.3) is 33.2 Å². The molecule has 148 valence electrons. The van der Waals surface area contributed by atoms with Crippen LogP contribution in [0.15, 0.2) is 60.7 Å². The maximum absolute atomic E-state index is 5.12. The Labute approximate surface area is 178 Å². The highest BCUT2D eigenvalue weighted by Crippen LogP contribution is 2.44. The zero-order valence-electron chi connectivity index (χ0n) is 17.8. The zero-order chi connectivity index (χ0) is 20.2. The first-order chi connectivity index (χ1) is 14.7. The van der Waals surface area contributed by atoms with Gasteiger partial charge in [-0.2, -0.15) is 0 Å². The van der Waals surface area contributed by atoms with Crippen LogP contribution in [0, 0.1) is 13.8 Å². The molecule has 1 heterocycles. The summed E-state index contributed by atoms with van der Waals surface area (Å²) in [5.41, 5.74) is 12.0. The molecule has 0 atom stereocenters. The van der Waals surface area contributed by atoms with Crippen molar-refractivity contribution in [1.29, 1.82) is 0 Å². The molecule has 0 saturated heterocycles. The molecule has 0 spiro atoms. The van der Waals surface area contributed by atoms with E-state index in [9.17, 15) is 0 Å². The molecule has 0 unspecified atom stereocenters. The molecular weight excluding hydrogens is 362 g/mol. The molecule has 4 aromatic rings. The molecule has 2 aliphatic carbocycles. The molecule has 3 aromatic carbocycles. The van der Waals surface area contributed by atoms with Crippen LogP contribution >= 0.6 is 0 Å². The predicted octanol–water partition coefficient (Wildman–Crippen LogP) is 7.75. The molecule has 0 aliphatic heterocycles. The van der Waals surface area contributed by atoms with E-state index in [1.165, 1.54) is 75.4 Å². The van der Waals surface area contributed by atoms with Crippen LogP contribution < -0.4 is 0 Å². The van der Waals surface area contributed by atoms with Gasteiger partial charge in [0.2, 0.25) is 0 Å². The first kappa shape index (κ1) is 17.9. The summed E-state index contributed by atoms with van der Waals surface area (Å²) in [5, 5.41) is 2.62. The lowest BCUT2D eigenvalue weighted by molar-refractivity contribution is 0.724. The van der Waals surface area contributed by atoms with Crippen molar-refractivity contribution in [1.82, 2.24) is 4.98 Å². The van der Waals surface area contributed by atoms with E-state index in [0.717, 1.165) is 23.7 Å². The molecule has 0 N–H and O–H groups in total. The van der Waals surface area contributed by atoms with Gasteiger partial charge in [-0.3, -0.25) is 4.98 Å². The summed E-state index contributed by atoms with van der Waals surface area (Å²) in [6.07, 6.45) is 6.39. The quantitative estimate of drug-likeness (QED) is 0.301. The van der Waals surface area contributed by atoms with E-state index in [1.54, 1.807) is 0 Å². The summed E-state index contributed by atoms with van der Waals surface area (Å²) in [6.45, 7) is 4.34. The molecule has 0 bridgehead atoms. The van der Waals surface area contributed by atoms with Crippen molar-refractivity contribution >= 4 is 10.8 Å². The Bertz CT molecular complexity index is 1290. The van der Waals surface area contributed by atoms with Crippen molar-refractivity contribution in [2.75, 3.05) is 0 Å². The van der Waals surface area contributed by atoms with Gasteiger partial charge in [0, 0.05) is 16.6 Å². The Kier molecular flexibility index (Phi) is 4.06. The summed E-state index contributed by atoms with van der Waals surface area (Å²) >= 11 is 0. The minimum Gasteiger partial charge on any atom is -0.252 e. The Hall–Kier alpha value is -2.93. The van der Waals surface area contributed by atoms with Crippen molar-refractivity contribution < 1.29 is 0 Å². The fourth-order valence-corrected chi connectivity index (χ4v) is 5.70. The average Bonchev–Trinajstić information content (AvgIpc) is 3.41. The van der Waals surface area contributed by atoms with Gasteiger partial charge in [-0.15, -0.1) is 0 Å². The van der Waals surface area contributed by atoms with E-state index in [1.807, 2.05) is 0 Å². The molecule has 0 amide bonds. The number of pyridine rings is 1. The van der Waals surface area contributed by atoms with Crippen LogP contribution in [0.4, 0.5) is 0 Å². The molecule has 30 heavy (non-hydrogen) atoms. The van der Waals surface area contributed by atoms with E-state index in [2.05, 4.69) is 74.5 Å². The first-order valence-corrected chi connectivity index (χ1v) is 11.3. The monoisotopic (exact) mass is 389 g/mol. The third-order valence-corrected chi connectivity index (χ3v) is 7.14. The second-order valence-corrected chi connectivity index (χ2v) is 9.25. The largest absolute Gasteiger partial charge is 0.252 e. The number of hydrogen-bond acceptors (Lipinski definition) is 1. The van der Waals surface area contributed by atoms with Gasteiger partial charge < -0.3 is 0 Å². The van der Waals surface area contributed by atoms with Crippen molar-refractivity contribution in [2.24, 2.45) is 0 Å². The van der Waals surface area contributed by atoms with Gasteiger partial charge in [-0.05, 0) is 96.0 Å². The van der Waals surface area contributed by atoms with Gasteiger partial charge in [0.1, 0.15) is 0 Å². The lowest BCUT2D eigenvalue weighted by atomic mass is 9.90. The highest BCUT2D eigenvalue weighted by molar-refractivity contribution is 5.98. The van der Waals surface area contributed by atoms with Gasteiger partial charge >= 0.3 is 0 Å². The molecule has 1 fully saturated rings. The molecule has 1 aromatic heterocycles. The molecule has 0 radical (unpaired) electrons. The molecule has 1 heteroatoms. The average molecular weight is 390 g/mol. The van der Waals surface area contributed by atoms with E-state index < -0.39 is 0 Å². The van der Waals surface area contributed by atoms with Gasteiger partial charge in [0.15, 0.2) is 0 Å². The highest BCUT2D eigenvalue weighted by atomic mass is 14.7. The summed E-state index contributed by atoms with van der Waals surface area (Å²) in [6, 6.07) is 22.9. The third-order valence-electron chi connectivity index (χ3n) is 7.14. The topological polar surface area (TPSA) is 12.9 Å². The molecule has 1 nitrogen and oxygen atoms in total. The van der Waals surface area contributed by atoms with E-state index in [-0.39, 0.29) is 0 Å². The van der Waals surface area contributed by atoms with Crippen LogP contribution in [0.2, 0.25) is 0 Å². The maximum Gasteiger partial charge on any atom is 0.0786 e. The van der Waals surface area contributed by atoms with Crippen molar-refractivity contribution in [3.63, 3.8) is 0 Å². The number of rotatable bonds is 2. The van der Waals surface area contributed by atoms with E-state index in [0.29, 0.717) is 0 Å². The first-order valence-electron chi connectivity index (χ1n) is 11.3. The van der Waals surface area contributed by atoms with Crippen molar-refractivity contribution in [3.05, 3.63) is 88.6 Å². The van der Waals surface area contributed by atoms with Crippen LogP contribution in [0.1, 0.15) is 59.5 Å². The number of aromatic nitrogens is 1. The summed E-state index contributed by atoms with van der Waals surface area (Å²) in [4.78, 5) is 5.12. The fourth-order valence-electron chi connectivity index (χ4n) is 5.70. The van der Waals surface area contributed by atoms with Crippen molar-refractivity contribution in [2.45, 2.75) is 51.9 Å². The van der Waals surface area contributed by atoms with Gasteiger partial charge in [0.05, 0.1) is 5.69 Å². The number of aryl methyl sites for hydroxylation is 2. The van der Waals surface area contributed by atoms with Crippen LogP contribution in [-0.2, 0) is 6.42 Å². The Morgan fingerprint density at radius 2 is 1.60 bits per heavy atom. The summed E-state index contributed by atoms with van der Waals surface area (Å²) in [7, 11) is 0. The van der Waals surface area contributed by atoms with Crippen LogP contribution in [0.5, 0.6) is 0 Å². The van der Waals surface area contributed by atoms with E-state index in [4.69, 9.17) is 4.98 Å².